The van der Waals surface area contributed by atoms with Gasteiger partial charge in [0.1, 0.15) is 5.75 Å². The second-order valence-electron chi connectivity index (χ2n) is 8.99. The lowest BCUT2D eigenvalue weighted by Gasteiger charge is -2.43. The minimum atomic E-state index is 0.0876. The number of piperidine rings is 1. The van der Waals surface area contributed by atoms with Gasteiger partial charge in [-0.2, -0.15) is 0 Å². The molecule has 164 valence electrons. The summed E-state index contributed by atoms with van der Waals surface area (Å²) in [6.45, 7) is 4.58. The fourth-order valence-electron chi connectivity index (χ4n) is 5.31. The molecule has 6 heteroatoms. The molecular weight excluding hydrogens is 390 g/mol. The van der Waals surface area contributed by atoms with E-state index in [4.69, 9.17) is 9.47 Å². The number of carbonyl (C=O) groups excluding carboxylic acids is 1. The van der Waals surface area contributed by atoms with Gasteiger partial charge in [0.2, 0.25) is 5.91 Å². The molecule has 0 unspecified atom stereocenters. The number of carbonyl (C=O) groups is 1. The van der Waals surface area contributed by atoms with E-state index in [9.17, 15) is 4.79 Å². The number of fused-ring (bicyclic) bond motifs is 2. The zero-order valence-electron chi connectivity index (χ0n) is 18.0. The normalized spacial score (nSPS) is 25.6. The summed E-state index contributed by atoms with van der Waals surface area (Å²) < 4.78 is 11.7. The molecule has 6 nitrogen and oxygen atoms in total. The molecule has 3 aliphatic rings. The lowest BCUT2D eigenvalue weighted by molar-refractivity contribution is -0.118. The number of hydrogen-bond donors (Lipinski definition) is 1. The van der Waals surface area contributed by atoms with Gasteiger partial charge in [-0.1, -0.05) is 12.1 Å². The maximum absolute atomic E-state index is 12.9. The highest BCUT2D eigenvalue weighted by molar-refractivity contribution is 5.93. The molecule has 4 heterocycles. The number of nitrogens with one attached hydrogen (secondary N) is 1. The third kappa shape index (κ3) is 4.75. The van der Waals surface area contributed by atoms with Crippen molar-refractivity contribution >= 4 is 11.6 Å². The first-order chi connectivity index (χ1) is 15.3. The third-order valence-electron chi connectivity index (χ3n) is 7.07. The first kappa shape index (κ1) is 20.5. The van der Waals surface area contributed by atoms with Gasteiger partial charge in [-0.15, -0.1) is 0 Å². The Morgan fingerprint density at radius 2 is 1.90 bits per heavy atom. The van der Waals surface area contributed by atoms with Crippen LogP contribution in [0.5, 0.6) is 5.75 Å². The van der Waals surface area contributed by atoms with Gasteiger partial charge >= 0.3 is 0 Å². The number of benzene rings is 1. The van der Waals surface area contributed by atoms with E-state index in [1.54, 1.807) is 6.20 Å². The maximum atomic E-state index is 12.9. The third-order valence-corrected chi connectivity index (χ3v) is 7.07. The topological polar surface area (TPSA) is 63.7 Å². The number of anilines is 1. The number of pyridine rings is 1. The summed E-state index contributed by atoms with van der Waals surface area (Å²) in [6.07, 6.45) is 8.51. The maximum Gasteiger partial charge on any atom is 0.224 e. The Kier molecular flexibility index (Phi) is 6.18. The van der Waals surface area contributed by atoms with E-state index in [-0.39, 0.29) is 5.91 Å². The highest BCUT2D eigenvalue weighted by Crippen LogP contribution is 2.36. The van der Waals surface area contributed by atoms with Crippen LogP contribution in [0.3, 0.4) is 0 Å². The average molecular weight is 422 g/mol. The van der Waals surface area contributed by atoms with E-state index in [0.717, 1.165) is 74.6 Å². The molecular formula is C25H31N3O3. The molecule has 2 fully saturated rings. The highest BCUT2D eigenvalue weighted by Gasteiger charge is 2.34. The van der Waals surface area contributed by atoms with Gasteiger partial charge in [0.25, 0.3) is 0 Å². The van der Waals surface area contributed by atoms with Crippen molar-refractivity contribution < 1.29 is 14.3 Å². The van der Waals surface area contributed by atoms with Gasteiger partial charge in [-0.25, -0.2) is 0 Å². The Balaban J connectivity index is 1.31. The van der Waals surface area contributed by atoms with Crippen LogP contribution in [0.2, 0.25) is 0 Å². The molecule has 31 heavy (non-hydrogen) atoms. The molecule has 0 saturated carbocycles. The average Bonchev–Trinajstić information content (AvgIpc) is 2.82. The highest BCUT2D eigenvalue weighted by atomic mass is 16.5. The van der Waals surface area contributed by atoms with Crippen LogP contribution in [-0.4, -0.2) is 54.7 Å². The van der Waals surface area contributed by atoms with Crippen molar-refractivity contribution in [2.24, 2.45) is 11.8 Å². The van der Waals surface area contributed by atoms with Gasteiger partial charge in [0.15, 0.2) is 0 Å². The number of ether oxygens (including phenoxy) is 2. The molecule has 1 aromatic heterocycles. The van der Waals surface area contributed by atoms with E-state index < -0.39 is 0 Å². The number of likely N-dealkylation sites (tertiary alicyclic amines) is 1. The predicted molar refractivity (Wildman–Crippen MR) is 120 cm³/mol. The van der Waals surface area contributed by atoms with Gasteiger partial charge < -0.3 is 14.8 Å². The molecule has 2 atom stereocenters. The fourth-order valence-corrected chi connectivity index (χ4v) is 5.31. The Morgan fingerprint density at radius 1 is 1.00 bits per heavy atom. The minimum absolute atomic E-state index is 0.0876. The van der Waals surface area contributed by atoms with Crippen molar-refractivity contribution in [3.05, 3.63) is 42.7 Å². The Bertz CT molecular complexity index is 898. The van der Waals surface area contributed by atoms with Crippen LogP contribution in [0.4, 0.5) is 5.69 Å². The lowest BCUT2D eigenvalue weighted by atomic mass is 9.80. The zero-order chi connectivity index (χ0) is 21.0. The summed E-state index contributed by atoms with van der Waals surface area (Å²) in [7, 11) is 0. The van der Waals surface area contributed by atoms with Crippen LogP contribution in [0.1, 0.15) is 32.1 Å². The molecule has 0 aliphatic carbocycles. The van der Waals surface area contributed by atoms with Crippen LogP contribution < -0.4 is 10.1 Å². The zero-order valence-corrected chi connectivity index (χ0v) is 18.0. The Hall–Kier alpha value is -2.44. The van der Waals surface area contributed by atoms with E-state index >= 15 is 0 Å². The Morgan fingerprint density at radius 3 is 2.74 bits per heavy atom. The summed E-state index contributed by atoms with van der Waals surface area (Å²) in [6, 6.07) is 10.6. The molecule has 1 aromatic carbocycles. The number of aromatic nitrogens is 1. The van der Waals surface area contributed by atoms with Crippen molar-refractivity contribution in [3.8, 4) is 16.9 Å². The number of rotatable bonds is 2. The van der Waals surface area contributed by atoms with Crippen molar-refractivity contribution in [1.29, 1.82) is 0 Å². The van der Waals surface area contributed by atoms with Gasteiger partial charge in [-0.05, 0) is 67.8 Å². The number of amides is 1. The fraction of sp³-hybridized carbons (Fsp3) is 0.520. The van der Waals surface area contributed by atoms with Crippen LogP contribution in [-0.2, 0) is 9.53 Å². The van der Waals surface area contributed by atoms with Crippen molar-refractivity contribution in [1.82, 2.24) is 9.88 Å². The summed E-state index contributed by atoms with van der Waals surface area (Å²) in [4.78, 5) is 19.8. The van der Waals surface area contributed by atoms with Gasteiger partial charge in [-0.3, -0.25) is 14.7 Å². The molecule has 0 radical (unpaired) electrons. The monoisotopic (exact) mass is 421 g/mol. The molecule has 0 bridgehead atoms. The molecule has 0 spiro atoms. The number of hydrogen-bond acceptors (Lipinski definition) is 5. The van der Waals surface area contributed by atoms with Gasteiger partial charge in [0.05, 0.1) is 12.3 Å². The molecule has 2 saturated heterocycles. The molecule has 2 aromatic rings. The summed E-state index contributed by atoms with van der Waals surface area (Å²) in [5, 5.41) is 3.13. The first-order valence-corrected chi connectivity index (χ1v) is 11.5. The molecule has 3 aliphatic heterocycles. The molecule has 1 amide bonds. The summed E-state index contributed by atoms with van der Waals surface area (Å²) in [5.74, 6) is 1.75. The summed E-state index contributed by atoms with van der Waals surface area (Å²) in [5.41, 5.74) is 2.80. The predicted octanol–water partition coefficient (Wildman–Crippen LogP) is 3.98. The van der Waals surface area contributed by atoms with Crippen LogP contribution in [0.25, 0.3) is 11.1 Å². The quantitative estimate of drug-likeness (QED) is 0.795. The molecule has 1 N–H and O–H groups in total. The van der Waals surface area contributed by atoms with Crippen LogP contribution in [0, 0.1) is 11.8 Å². The Labute approximate surface area is 183 Å². The SMILES string of the molecule is O=C1C[C@@H]2CCN(C3CCOCC3)C[C@@H]2CCOc2ccc(-c3cccnc3)cc2N1. The first-order valence-electron chi connectivity index (χ1n) is 11.5. The van der Waals surface area contributed by atoms with Gasteiger partial charge in [0, 0.05) is 50.2 Å². The second-order valence-corrected chi connectivity index (χ2v) is 8.99. The van der Waals surface area contributed by atoms with Crippen molar-refractivity contribution in [2.75, 3.05) is 38.2 Å². The van der Waals surface area contributed by atoms with Crippen molar-refractivity contribution in [2.45, 2.75) is 38.1 Å². The van der Waals surface area contributed by atoms with Crippen molar-refractivity contribution in [3.63, 3.8) is 0 Å². The van der Waals surface area contributed by atoms with E-state index in [0.29, 0.717) is 30.9 Å². The second kappa shape index (κ2) is 9.37. The molecule has 5 rings (SSSR count). The summed E-state index contributed by atoms with van der Waals surface area (Å²) >= 11 is 0. The lowest BCUT2D eigenvalue weighted by Crippen LogP contribution is -2.48. The minimum Gasteiger partial charge on any atom is -0.491 e. The standard InChI is InChI=1S/C25H31N3O3/c29-25-15-19-5-10-28(22-7-11-30-12-8-22)17-21(19)6-13-31-24-4-3-18(14-23(24)27-25)20-2-1-9-26-16-20/h1-4,9,14,16,19,21-22H,5-8,10-13,15,17H2,(H,27,29)/t19-,21-/m0/s1. The van der Waals surface area contributed by atoms with Crippen LogP contribution >= 0.6 is 0 Å². The number of nitrogens with zero attached hydrogens (tertiary/aromatic N) is 2. The van der Waals surface area contributed by atoms with E-state index in [1.807, 2.05) is 36.5 Å². The van der Waals surface area contributed by atoms with E-state index in [1.165, 1.54) is 0 Å². The largest absolute Gasteiger partial charge is 0.491 e. The smallest absolute Gasteiger partial charge is 0.224 e. The van der Waals surface area contributed by atoms with E-state index in [2.05, 4.69) is 15.2 Å². The van der Waals surface area contributed by atoms with Crippen LogP contribution in [0.15, 0.2) is 42.7 Å².